The molecule has 0 radical (unpaired) electrons. The molecule has 3 aliphatic rings. The van der Waals surface area contributed by atoms with Crippen LogP contribution in [0.3, 0.4) is 0 Å². The van der Waals surface area contributed by atoms with E-state index in [1.807, 2.05) is 0 Å². The molecular weight excluding hydrogens is 232 g/mol. The summed E-state index contributed by atoms with van der Waals surface area (Å²) in [6, 6.07) is 0. The van der Waals surface area contributed by atoms with Gasteiger partial charge in [-0.05, 0) is 73.0 Å². The van der Waals surface area contributed by atoms with E-state index in [2.05, 4.69) is 27.7 Å². The standard InChI is InChI=1S/C18H32O/c1-5-12-10-14(19)6-7-15(12)16-11-13-8-9-18(16,4)17(13,2)3/h12-16,19H,5-11H2,1-4H3/t12?,13-,14?,15?,16+,18+/m1/s1. The van der Waals surface area contributed by atoms with E-state index in [0.717, 1.165) is 36.5 Å². The highest BCUT2D eigenvalue weighted by Crippen LogP contribution is 2.70. The Balaban J connectivity index is 1.83. The highest BCUT2D eigenvalue weighted by Gasteiger charge is 2.63. The summed E-state index contributed by atoms with van der Waals surface area (Å²) in [4.78, 5) is 0. The van der Waals surface area contributed by atoms with Crippen LogP contribution in [0.2, 0.25) is 0 Å². The monoisotopic (exact) mass is 264 g/mol. The molecule has 6 atom stereocenters. The predicted molar refractivity (Wildman–Crippen MR) is 79.8 cm³/mol. The largest absolute Gasteiger partial charge is 0.393 e. The zero-order valence-electron chi connectivity index (χ0n) is 13.3. The van der Waals surface area contributed by atoms with Crippen LogP contribution >= 0.6 is 0 Å². The lowest BCUT2D eigenvalue weighted by Gasteiger charge is -2.47. The zero-order chi connectivity index (χ0) is 13.8. The fourth-order valence-electron chi connectivity index (χ4n) is 6.17. The van der Waals surface area contributed by atoms with Crippen molar-refractivity contribution < 1.29 is 5.11 Å². The van der Waals surface area contributed by atoms with Gasteiger partial charge in [0.2, 0.25) is 0 Å². The lowest BCUT2D eigenvalue weighted by Crippen LogP contribution is -2.41. The van der Waals surface area contributed by atoms with Crippen LogP contribution in [0, 0.1) is 34.5 Å². The fourth-order valence-corrected chi connectivity index (χ4v) is 6.17. The summed E-state index contributed by atoms with van der Waals surface area (Å²) >= 11 is 0. The summed E-state index contributed by atoms with van der Waals surface area (Å²) in [5.74, 6) is 3.56. The molecule has 110 valence electrons. The van der Waals surface area contributed by atoms with Crippen molar-refractivity contribution in [2.75, 3.05) is 0 Å². The molecule has 0 aromatic rings. The second kappa shape index (κ2) is 4.48. The zero-order valence-corrected chi connectivity index (χ0v) is 13.3. The van der Waals surface area contributed by atoms with Gasteiger partial charge in [-0.3, -0.25) is 0 Å². The molecular formula is C18H32O. The van der Waals surface area contributed by atoms with E-state index in [4.69, 9.17) is 0 Å². The van der Waals surface area contributed by atoms with Crippen LogP contribution in [0.25, 0.3) is 0 Å². The van der Waals surface area contributed by atoms with Crippen molar-refractivity contribution in [3.63, 3.8) is 0 Å². The Morgan fingerprint density at radius 3 is 2.32 bits per heavy atom. The molecule has 1 nitrogen and oxygen atoms in total. The topological polar surface area (TPSA) is 20.2 Å². The van der Waals surface area contributed by atoms with Crippen LogP contribution in [-0.4, -0.2) is 11.2 Å². The van der Waals surface area contributed by atoms with Gasteiger partial charge in [-0.25, -0.2) is 0 Å². The number of rotatable bonds is 2. The highest BCUT2D eigenvalue weighted by atomic mass is 16.3. The third-order valence-electron chi connectivity index (χ3n) is 7.92. The number of hydrogen-bond donors (Lipinski definition) is 1. The second-order valence-electron chi connectivity index (χ2n) is 8.52. The van der Waals surface area contributed by atoms with E-state index in [1.54, 1.807) is 0 Å². The molecule has 1 N–H and O–H groups in total. The van der Waals surface area contributed by atoms with E-state index in [0.29, 0.717) is 10.8 Å². The van der Waals surface area contributed by atoms with Crippen LogP contribution in [0.15, 0.2) is 0 Å². The average molecular weight is 264 g/mol. The maximum absolute atomic E-state index is 9.97. The highest BCUT2D eigenvalue weighted by molar-refractivity contribution is 5.12. The first-order chi connectivity index (χ1) is 8.90. The number of aliphatic hydroxyl groups excluding tert-OH is 1. The van der Waals surface area contributed by atoms with E-state index in [-0.39, 0.29) is 6.10 Å². The van der Waals surface area contributed by atoms with E-state index in [1.165, 1.54) is 32.1 Å². The smallest absolute Gasteiger partial charge is 0.0543 e. The molecule has 1 heteroatoms. The number of fused-ring (bicyclic) bond motifs is 2. The molecule has 0 amide bonds. The van der Waals surface area contributed by atoms with E-state index < -0.39 is 0 Å². The minimum atomic E-state index is -0.0133. The van der Waals surface area contributed by atoms with Crippen molar-refractivity contribution in [1.82, 2.24) is 0 Å². The molecule has 3 saturated carbocycles. The van der Waals surface area contributed by atoms with E-state index in [9.17, 15) is 5.11 Å². The molecule has 3 unspecified atom stereocenters. The molecule has 0 aliphatic heterocycles. The summed E-state index contributed by atoms with van der Waals surface area (Å²) in [5.41, 5.74) is 1.12. The third kappa shape index (κ3) is 1.83. The average Bonchev–Trinajstić information content (AvgIpc) is 2.71. The van der Waals surface area contributed by atoms with Gasteiger partial charge < -0.3 is 5.11 Å². The molecule has 3 aliphatic carbocycles. The van der Waals surface area contributed by atoms with Gasteiger partial charge in [0, 0.05) is 0 Å². The maximum Gasteiger partial charge on any atom is 0.0543 e. The van der Waals surface area contributed by atoms with Gasteiger partial charge in [0.05, 0.1) is 6.10 Å². The van der Waals surface area contributed by atoms with Crippen LogP contribution in [-0.2, 0) is 0 Å². The predicted octanol–water partition coefficient (Wildman–Crippen LogP) is 4.64. The number of hydrogen-bond acceptors (Lipinski definition) is 1. The minimum absolute atomic E-state index is 0.0133. The van der Waals surface area contributed by atoms with Gasteiger partial charge in [-0.15, -0.1) is 0 Å². The molecule has 0 saturated heterocycles. The first kappa shape index (κ1) is 13.9. The van der Waals surface area contributed by atoms with Gasteiger partial charge in [-0.2, -0.15) is 0 Å². The summed E-state index contributed by atoms with van der Waals surface area (Å²) in [6.07, 6.45) is 9.04. The first-order valence-electron chi connectivity index (χ1n) is 8.58. The molecule has 3 fully saturated rings. The lowest BCUT2D eigenvalue weighted by molar-refractivity contribution is -0.00862. The fraction of sp³-hybridized carbons (Fsp3) is 1.00. The molecule has 2 bridgehead atoms. The Morgan fingerprint density at radius 2 is 1.79 bits per heavy atom. The van der Waals surface area contributed by atoms with Crippen molar-refractivity contribution in [3.8, 4) is 0 Å². The van der Waals surface area contributed by atoms with Crippen LogP contribution in [0.4, 0.5) is 0 Å². The summed E-state index contributed by atoms with van der Waals surface area (Å²) in [6.45, 7) is 9.98. The third-order valence-corrected chi connectivity index (χ3v) is 7.92. The molecule has 0 spiro atoms. The SMILES string of the molecule is CCC1CC(O)CCC1[C@@H]1C[C@H]2CC[C@]1(C)C2(C)C. The second-order valence-corrected chi connectivity index (χ2v) is 8.52. The Labute approximate surface area is 119 Å². The summed E-state index contributed by atoms with van der Waals surface area (Å²) in [7, 11) is 0. The van der Waals surface area contributed by atoms with Crippen molar-refractivity contribution in [2.45, 2.75) is 78.7 Å². The van der Waals surface area contributed by atoms with Crippen LogP contribution in [0.5, 0.6) is 0 Å². The molecule has 19 heavy (non-hydrogen) atoms. The molecule has 0 heterocycles. The maximum atomic E-state index is 9.97. The van der Waals surface area contributed by atoms with E-state index >= 15 is 0 Å². The van der Waals surface area contributed by atoms with Gasteiger partial charge >= 0.3 is 0 Å². The Kier molecular flexibility index (Phi) is 3.28. The molecule has 0 aromatic carbocycles. The Bertz CT molecular complexity index is 348. The minimum Gasteiger partial charge on any atom is -0.393 e. The molecule has 0 aromatic heterocycles. The van der Waals surface area contributed by atoms with Crippen molar-refractivity contribution in [1.29, 1.82) is 0 Å². The lowest BCUT2D eigenvalue weighted by atomic mass is 9.58. The van der Waals surface area contributed by atoms with Crippen LogP contribution < -0.4 is 0 Å². The van der Waals surface area contributed by atoms with Crippen molar-refractivity contribution in [2.24, 2.45) is 34.5 Å². The quantitative estimate of drug-likeness (QED) is 0.770. The summed E-state index contributed by atoms with van der Waals surface area (Å²) in [5, 5.41) is 9.97. The normalized spacial score (nSPS) is 52.6. The first-order valence-corrected chi connectivity index (χ1v) is 8.58. The van der Waals surface area contributed by atoms with Gasteiger partial charge in [0.25, 0.3) is 0 Å². The van der Waals surface area contributed by atoms with Crippen molar-refractivity contribution in [3.05, 3.63) is 0 Å². The summed E-state index contributed by atoms with van der Waals surface area (Å²) < 4.78 is 0. The molecule has 3 rings (SSSR count). The van der Waals surface area contributed by atoms with Gasteiger partial charge in [0.1, 0.15) is 0 Å². The van der Waals surface area contributed by atoms with Gasteiger partial charge in [0.15, 0.2) is 0 Å². The Hall–Kier alpha value is -0.0400. The Morgan fingerprint density at radius 1 is 1.05 bits per heavy atom. The van der Waals surface area contributed by atoms with Crippen LogP contribution in [0.1, 0.15) is 72.6 Å². The van der Waals surface area contributed by atoms with Gasteiger partial charge in [-0.1, -0.05) is 34.1 Å². The number of aliphatic hydroxyl groups is 1. The van der Waals surface area contributed by atoms with Crippen molar-refractivity contribution >= 4 is 0 Å².